The molecular formula is C26H44O22. The lowest BCUT2D eigenvalue weighted by Gasteiger charge is -2.47. The van der Waals surface area contributed by atoms with Gasteiger partial charge in [0.15, 0.2) is 31.3 Å². The Morgan fingerprint density at radius 2 is 0.979 bits per heavy atom. The lowest BCUT2D eigenvalue weighted by Crippen LogP contribution is -2.66. The number of carbonyl (C=O) groups excluding carboxylic acids is 1. The van der Waals surface area contributed by atoms with Crippen LogP contribution >= 0.6 is 0 Å². The first-order valence-corrected chi connectivity index (χ1v) is 14.9. The average Bonchev–Trinajstić information content (AvgIpc) is 3.08. The van der Waals surface area contributed by atoms with E-state index in [2.05, 4.69) is 4.74 Å². The summed E-state index contributed by atoms with van der Waals surface area (Å²) in [4.78, 5) is 12.4. The first-order chi connectivity index (χ1) is 22.7. The van der Waals surface area contributed by atoms with Gasteiger partial charge in [-0.3, -0.25) is 0 Å². The third-order valence-electron chi connectivity index (χ3n) is 8.56. The van der Waals surface area contributed by atoms with Gasteiger partial charge in [-0.15, -0.1) is 0 Å². The fourth-order valence-corrected chi connectivity index (χ4v) is 5.69. The molecule has 22 heteroatoms. The summed E-state index contributed by atoms with van der Waals surface area (Å²) in [6, 6.07) is 0. The van der Waals surface area contributed by atoms with Gasteiger partial charge in [0.2, 0.25) is 0 Å². The van der Waals surface area contributed by atoms with Crippen molar-refractivity contribution in [2.45, 2.75) is 123 Å². The van der Waals surface area contributed by atoms with Gasteiger partial charge in [0.1, 0.15) is 91.6 Å². The molecule has 280 valence electrons. The van der Waals surface area contributed by atoms with Crippen LogP contribution in [0.3, 0.4) is 0 Å². The Bertz CT molecular complexity index is 1020. The van der Waals surface area contributed by atoms with Crippen molar-refractivity contribution >= 4 is 5.97 Å². The Balaban J connectivity index is 1.42. The molecule has 4 aliphatic rings. The van der Waals surface area contributed by atoms with Gasteiger partial charge in [-0.1, -0.05) is 0 Å². The van der Waals surface area contributed by atoms with Gasteiger partial charge in [-0.25, -0.2) is 4.79 Å². The molecule has 0 radical (unpaired) electrons. The van der Waals surface area contributed by atoms with Crippen molar-refractivity contribution < 1.29 is 109 Å². The zero-order valence-corrected chi connectivity index (χ0v) is 25.6. The summed E-state index contributed by atoms with van der Waals surface area (Å²) in [5.74, 6) is -1.06. The summed E-state index contributed by atoms with van der Waals surface area (Å²) in [5, 5.41) is 124. The topological polar surface area (TPSA) is 343 Å². The molecule has 48 heavy (non-hydrogen) atoms. The summed E-state index contributed by atoms with van der Waals surface area (Å²) >= 11 is 0. The first kappa shape index (κ1) is 39.5. The standard InChI is InChI=1S/C26H44O22/c1-40-22(39)21-20(14(34)17(37)23(41-2)48-21)47-26-16(36)12(32)10(30)8(45-26)5-42-24-18(38)13(33)19(7(4-28)44-24)46-25-15(35)11(31)9(29)6(3-27)43-25/h6-21,23-38H,3-5H2,1-2H3/t6?,7?,8?,9-,10-,11+,12+,13-,14-,15?,16?,17?,18?,19+,20+,21?,23+,24+,25-,26-/m1/s1. The third kappa shape index (κ3) is 7.93. The van der Waals surface area contributed by atoms with Crippen LogP contribution in [-0.2, 0) is 47.4 Å². The minimum absolute atomic E-state index is 0.742. The maximum absolute atomic E-state index is 12.4. The predicted octanol–water partition coefficient (Wildman–Crippen LogP) is -8.91. The second-order valence-corrected chi connectivity index (χ2v) is 11.6. The van der Waals surface area contributed by atoms with E-state index in [4.69, 9.17) is 37.9 Å². The minimum Gasteiger partial charge on any atom is -0.467 e. The SMILES string of the molecule is COC(=O)C1O[C@H](OC)C(O)[C@@H](O)[C@@H]1O[C@H]1OC(CO[C@H]2OC(CO)[C@H](O[C@H]3OC(CO)[C@@H](O)[C@H](O)C3O)[C@H](O)C2O)[C@@H](O)[C@H](O)C1O. The molecule has 4 rings (SSSR count). The average molecular weight is 709 g/mol. The molecule has 0 aromatic heterocycles. The van der Waals surface area contributed by atoms with E-state index < -0.39 is 149 Å². The molecule has 12 N–H and O–H groups in total. The van der Waals surface area contributed by atoms with Crippen molar-refractivity contribution in [1.29, 1.82) is 0 Å². The molecule has 4 saturated heterocycles. The Morgan fingerprint density at radius 3 is 1.52 bits per heavy atom. The van der Waals surface area contributed by atoms with Gasteiger partial charge in [0.05, 0.1) is 26.9 Å². The number of ether oxygens (including phenoxy) is 9. The number of aliphatic hydroxyl groups is 12. The van der Waals surface area contributed by atoms with Crippen molar-refractivity contribution in [3.05, 3.63) is 0 Å². The normalized spacial score (nSPS) is 50.2. The van der Waals surface area contributed by atoms with Gasteiger partial charge in [-0.2, -0.15) is 0 Å². The van der Waals surface area contributed by atoms with Crippen LogP contribution in [0.25, 0.3) is 0 Å². The van der Waals surface area contributed by atoms with E-state index >= 15 is 0 Å². The largest absolute Gasteiger partial charge is 0.467 e. The Hall–Kier alpha value is -1.33. The summed E-state index contributed by atoms with van der Waals surface area (Å²) in [5.41, 5.74) is 0. The van der Waals surface area contributed by atoms with Gasteiger partial charge >= 0.3 is 5.97 Å². The lowest BCUT2D eigenvalue weighted by atomic mass is 9.96. The van der Waals surface area contributed by atoms with Crippen molar-refractivity contribution in [2.24, 2.45) is 0 Å². The molecule has 0 saturated carbocycles. The monoisotopic (exact) mass is 708 g/mol. The number of esters is 1. The van der Waals surface area contributed by atoms with E-state index in [9.17, 15) is 66.1 Å². The van der Waals surface area contributed by atoms with Gasteiger partial charge < -0.3 is 104 Å². The molecular weight excluding hydrogens is 664 g/mol. The predicted molar refractivity (Wildman–Crippen MR) is 144 cm³/mol. The number of rotatable bonds is 11. The molecule has 0 aliphatic carbocycles. The highest BCUT2D eigenvalue weighted by Gasteiger charge is 2.54. The molecule has 0 aromatic rings. The van der Waals surface area contributed by atoms with E-state index in [0.29, 0.717) is 0 Å². The zero-order valence-electron chi connectivity index (χ0n) is 25.6. The Labute approximate surface area is 272 Å². The van der Waals surface area contributed by atoms with E-state index in [1.165, 1.54) is 0 Å². The van der Waals surface area contributed by atoms with E-state index in [0.717, 1.165) is 14.2 Å². The number of hydrogen-bond donors (Lipinski definition) is 12. The second-order valence-electron chi connectivity index (χ2n) is 11.6. The van der Waals surface area contributed by atoms with Gasteiger partial charge in [0.25, 0.3) is 0 Å². The van der Waals surface area contributed by atoms with Crippen LogP contribution in [0.4, 0.5) is 0 Å². The van der Waals surface area contributed by atoms with Crippen LogP contribution in [-0.4, -0.2) is 224 Å². The van der Waals surface area contributed by atoms with Crippen molar-refractivity contribution in [1.82, 2.24) is 0 Å². The van der Waals surface area contributed by atoms with Crippen molar-refractivity contribution in [2.75, 3.05) is 34.0 Å². The van der Waals surface area contributed by atoms with Crippen LogP contribution < -0.4 is 0 Å². The molecule has 0 aromatic carbocycles. The molecule has 4 fully saturated rings. The van der Waals surface area contributed by atoms with Crippen molar-refractivity contribution in [3.63, 3.8) is 0 Å². The summed E-state index contributed by atoms with van der Waals surface area (Å²) in [7, 11) is 2.14. The summed E-state index contributed by atoms with van der Waals surface area (Å²) in [6.45, 7) is -2.38. The third-order valence-corrected chi connectivity index (χ3v) is 8.56. The zero-order chi connectivity index (χ0) is 35.6. The van der Waals surface area contributed by atoms with Crippen LogP contribution in [0.1, 0.15) is 0 Å². The lowest BCUT2D eigenvalue weighted by molar-refractivity contribution is -0.370. The van der Waals surface area contributed by atoms with E-state index in [1.54, 1.807) is 0 Å². The molecule has 4 heterocycles. The van der Waals surface area contributed by atoms with Crippen molar-refractivity contribution in [3.8, 4) is 0 Å². The highest BCUT2D eigenvalue weighted by molar-refractivity contribution is 5.75. The van der Waals surface area contributed by atoms with Crippen LogP contribution in [0.5, 0.6) is 0 Å². The molecule has 0 amide bonds. The van der Waals surface area contributed by atoms with Gasteiger partial charge in [0, 0.05) is 7.11 Å². The number of hydrogen-bond acceptors (Lipinski definition) is 22. The molecule has 20 atom stereocenters. The number of methoxy groups -OCH3 is 2. The summed E-state index contributed by atoms with van der Waals surface area (Å²) in [6.07, 6.45) is -35.1. The molecule has 22 nitrogen and oxygen atoms in total. The van der Waals surface area contributed by atoms with E-state index in [1.807, 2.05) is 0 Å². The first-order valence-electron chi connectivity index (χ1n) is 14.9. The number of aliphatic hydroxyl groups excluding tert-OH is 12. The molecule has 0 bridgehead atoms. The Morgan fingerprint density at radius 1 is 0.521 bits per heavy atom. The fraction of sp³-hybridized carbons (Fsp3) is 0.962. The minimum atomic E-state index is -1.99. The highest BCUT2D eigenvalue weighted by Crippen LogP contribution is 2.32. The fourth-order valence-electron chi connectivity index (χ4n) is 5.69. The van der Waals surface area contributed by atoms with Crippen LogP contribution in [0, 0.1) is 0 Å². The molecule has 4 aliphatic heterocycles. The highest BCUT2D eigenvalue weighted by atomic mass is 16.8. The van der Waals surface area contributed by atoms with Crippen LogP contribution in [0.15, 0.2) is 0 Å². The van der Waals surface area contributed by atoms with Crippen LogP contribution in [0.2, 0.25) is 0 Å². The van der Waals surface area contributed by atoms with Gasteiger partial charge in [-0.05, 0) is 0 Å². The molecule has 8 unspecified atom stereocenters. The number of carbonyl (C=O) groups is 1. The molecule has 0 spiro atoms. The second kappa shape index (κ2) is 16.8. The maximum atomic E-state index is 12.4. The maximum Gasteiger partial charge on any atom is 0.337 e. The Kier molecular flexibility index (Phi) is 13.8. The quantitative estimate of drug-likeness (QED) is 0.0886. The van der Waals surface area contributed by atoms with E-state index in [-0.39, 0.29) is 0 Å². The summed E-state index contributed by atoms with van der Waals surface area (Å²) < 4.78 is 47.7. The smallest absolute Gasteiger partial charge is 0.337 e.